The van der Waals surface area contributed by atoms with Gasteiger partial charge in [-0.15, -0.1) is 0 Å². The number of aldehydes is 1. The summed E-state index contributed by atoms with van der Waals surface area (Å²) in [5.41, 5.74) is 1.26. The van der Waals surface area contributed by atoms with E-state index in [4.69, 9.17) is 4.74 Å². The SMILES string of the molecule is CC(C)(C)c1cc(C=O)cc([N+](=O)[O-])c1OCc1ccccc1. The molecule has 0 saturated carbocycles. The van der Waals surface area contributed by atoms with E-state index in [1.165, 1.54) is 6.07 Å². The Balaban J connectivity index is 2.50. The van der Waals surface area contributed by atoms with E-state index in [-0.39, 0.29) is 23.6 Å². The lowest BCUT2D eigenvalue weighted by Gasteiger charge is -2.23. The Morgan fingerprint density at radius 3 is 2.35 bits per heavy atom. The van der Waals surface area contributed by atoms with Gasteiger partial charge in [-0.05, 0) is 17.0 Å². The molecular formula is C18H19NO4. The molecule has 2 rings (SSSR count). The second kappa shape index (κ2) is 6.60. The van der Waals surface area contributed by atoms with Gasteiger partial charge in [-0.2, -0.15) is 0 Å². The van der Waals surface area contributed by atoms with Crippen LogP contribution in [0.25, 0.3) is 0 Å². The van der Waals surface area contributed by atoms with E-state index in [9.17, 15) is 14.9 Å². The Morgan fingerprint density at radius 1 is 1.17 bits per heavy atom. The molecule has 0 atom stereocenters. The number of hydrogen-bond donors (Lipinski definition) is 0. The molecule has 0 amide bonds. The number of benzene rings is 2. The number of carbonyl (C=O) groups excluding carboxylic acids is 1. The van der Waals surface area contributed by atoms with Crippen molar-refractivity contribution < 1.29 is 14.5 Å². The molecule has 0 aliphatic heterocycles. The number of carbonyl (C=O) groups is 1. The summed E-state index contributed by atoms with van der Waals surface area (Å²) >= 11 is 0. The van der Waals surface area contributed by atoms with Gasteiger partial charge in [-0.3, -0.25) is 14.9 Å². The average molecular weight is 313 g/mol. The molecule has 0 fully saturated rings. The highest BCUT2D eigenvalue weighted by Crippen LogP contribution is 2.39. The van der Waals surface area contributed by atoms with Crippen molar-refractivity contribution in [3.8, 4) is 5.75 Å². The Labute approximate surface area is 135 Å². The molecule has 0 heterocycles. The topological polar surface area (TPSA) is 69.4 Å². The summed E-state index contributed by atoms with van der Waals surface area (Å²) in [6.45, 7) is 6.01. The molecule has 2 aromatic carbocycles. The summed E-state index contributed by atoms with van der Waals surface area (Å²) in [6.07, 6.45) is 0.614. The van der Waals surface area contributed by atoms with Crippen molar-refractivity contribution >= 4 is 12.0 Å². The van der Waals surface area contributed by atoms with E-state index in [0.717, 1.165) is 5.56 Å². The van der Waals surface area contributed by atoms with Crippen LogP contribution in [0.15, 0.2) is 42.5 Å². The zero-order chi connectivity index (χ0) is 17.0. The maximum Gasteiger partial charge on any atom is 0.311 e. The van der Waals surface area contributed by atoms with Crippen LogP contribution in [0.3, 0.4) is 0 Å². The second-order valence-electron chi connectivity index (χ2n) is 6.32. The van der Waals surface area contributed by atoms with Crippen LogP contribution in [-0.2, 0) is 12.0 Å². The number of ether oxygens (including phenoxy) is 1. The molecule has 0 bridgehead atoms. The van der Waals surface area contributed by atoms with Crippen molar-refractivity contribution in [1.29, 1.82) is 0 Å². The van der Waals surface area contributed by atoms with E-state index >= 15 is 0 Å². The first-order valence-electron chi connectivity index (χ1n) is 7.27. The minimum absolute atomic E-state index is 0.185. The van der Waals surface area contributed by atoms with Crippen molar-refractivity contribution in [2.24, 2.45) is 0 Å². The minimum Gasteiger partial charge on any atom is -0.482 e. The van der Waals surface area contributed by atoms with Crippen LogP contribution in [0.1, 0.15) is 42.3 Å². The summed E-state index contributed by atoms with van der Waals surface area (Å²) in [5, 5.41) is 11.4. The quantitative estimate of drug-likeness (QED) is 0.469. The molecule has 0 aromatic heterocycles. The molecule has 5 nitrogen and oxygen atoms in total. The molecule has 5 heteroatoms. The summed E-state index contributed by atoms with van der Waals surface area (Å²) < 4.78 is 5.78. The Morgan fingerprint density at radius 2 is 1.83 bits per heavy atom. The smallest absolute Gasteiger partial charge is 0.311 e. The van der Waals surface area contributed by atoms with Crippen molar-refractivity contribution in [3.05, 3.63) is 69.3 Å². The standard InChI is InChI=1S/C18H19NO4/c1-18(2,3)15-9-14(11-20)10-16(19(21)22)17(15)23-12-13-7-5-4-6-8-13/h4-11H,12H2,1-3H3. The highest BCUT2D eigenvalue weighted by molar-refractivity contribution is 5.78. The van der Waals surface area contributed by atoms with Gasteiger partial charge in [0.25, 0.3) is 0 Å². The molecule has 0 aliphatic carbocycles. The third kappa shape index (κ3) is 3.94. The zero-order valence-electron chi connectivity index (χ0n) is 13.4. The van der Waals surface area contributed by atoms with Gasteiger partial charge in [0.05, 0.1) is 4.92 Å². The maximum atomic E-state index is 11.4. The van der Waals surface area contributed by atoms with Crippen LogP contribution in [0, 0.1) is 10.1 Å². The zero-order valence-corrected chi connectivity index (χ0v) is 13.4. The molecule has 0 aliphatic rings. The minimum atomic E-state index is -0.511. The Kier molecular flexibility index (Phi) is 4.79. The lowest BCUT2D eigenvalue weighted by molar-refractivity contribution is -0.386. The molecule has 23 heavy (non-hydrogen) atoms. The number of nitro groups is 1. The van der Waals surface area contributed by atoms with Crippen LogP contribution < -0.4 is 4.74 Å². The summed E-state index contributed by atoms with van der Waals surface area (Å²) in [7, 11) is 0. The highest BCUT2D eigenvalue weighted by Gasteiger charge is 2.28. The predicted octanol–water partition coefficient (Wildman–Crippen LogP) is 4.28. The van der Waals surface area contributed by atoms with Crippen molar-refractivity contribution in [3.63, 3.8) is 0 Å². The fourth-order valence-electron chi connectivity index (χ4n) is 2.28. The van der Waals surface area contributed by atoms with Gasteiger partial charge in [0.1, 0.15) is 12.9 Å². The van der Waals surface area contributed by atoms with Crippen LogP contribution in [0.5, 0.6) is 5.75 Å². The normalized spacial score (nSPS) is 11.1. The van der Waals surface area contributed by atoms with E-state index in [1.54, 1.807) is 6.07 Å². The second-order valence-corrected chi connectivity index (χ2v) is 6.32. The van der Waals surface area contributed by atoms with E-state index in [0.29, 0.717) is 11.8 Å². The summed E-state index contributed by atoms with van der Waals surface area (Å²) in [4.78, 5) is 22.0. The van der Waals surface area contributed by atoms with Crippen LogP contribution in [-0.4, -0.2) is 11.2 Å². The third-order valence-electron chi connectivity index (χ3n) is 3.46. The van der Waals surface area contributed by atoms with Gasteiger partial charge in [-0.1, -0.05) is 51.1 Å². The largest absolute Gasteiger partial charge is 0.482 e. The fraction of sp³-hybridized carbons (Fsp3) is 0.278. The molecule has 0 radical (unpaired) electrons. The van der Waals surface area contributed by atoms with Crippen LogP contribution >= 0.6 is 0 Å². The van der Waals surface area contributed by atoms with Gasteiger partial charge in [0, 0.05) is 17.2 Å². The molecule has 2 aromatic rings. The van der Waals surface area contributed by atoms with E-state index in [2.05, 4.69) is 0 Å². The van der Waals surface area contributed by atoms with E-state index < -0.39 is 10.3 Å². The van der Waals surface area contributed by atoms with Crippen molar-refractivity contribution in [2.75, 3.05) is 0 Å². The van der Waals surface area contributed by atoms with Gasteiger partial charge < -0.3 is 4.74 Å². The summed E-state index contributed by atoms with van der Waals surface area (Å²) in [5.74, 6) is 0.219. The van der Waals surface area contributed by atoms with Crippen LogP contribution in [0.2, 0.25) is 0 Å². The lowest BCUT2D eigenvalue weighted by atomic mass is 9.85. The predicted molar refractivity (Wildman–Crippen MR) is 88.0 cm³/mol. The first-order chi connectivity index (χ1) is 10.8. The summed E-state index contributed by atoms with van der Waals surface area (Å²) in [6, 6.07) is 12.3. The number of nitrogens with zero attached hydrogens (tertiary/aromatic N) is 1. The third-order valence-corrected chi connectivity index (χ3v) is 3.46. The maximum absolute atomic E-state index is 11.4. The fourth-order valence-corrected chi connectivity index (χ4v) is 2.28. The monoisotopic (exact) mass is 313 g/mol. The van der Waals surface area contributed by atoms with Gasteiger partial charge in [-0.25, -0.2) is 0 Å². The molecule has 0 saturated heterocycles. The number of rotatable bonds is 5. The van der Waals surface area contributed by atoms with Crippen molar-refractivity contribution in [2.45, 2.75) is 32.8 Å². The van der Waals surface area contributed by atoms with Crippen molar-refractivity contribution in [1.82, 2.24) is 0 Å². The lowest BCUT2D eigenvalue weighted by Crippen LogP contribution is -2.15. The average Bonchev–Trinajstić information content (AvgIpc) is 2.52. The molecule has 0 unspecified atom stereocenters. The first-order valence-corrected chi connectivity index (χ1v) is 7.27. The Hall–Kier alpha value is -2.69. The Bertz CT molecular complexity index is 718. The number of hydrogen-bond acceptors (Lipinski definition) is 4. The highest BCUT2D eigenvalue weighted by atomic mass is 16.6. The first kappa shape index (κ1) is 16.7. The molecular weight excluding hydrogens is 294 g/mol. The molecule has 0 N–H and O–H groups in total. The van der Waals surface area contributed by atoms with E-state index in [1.807, 2.05) is 51.1 Å². The van der Waals surface area contributed by atoms with Crippen LogP contribution in [0.4, 0.5) is 5.69 Å². The number of nitro benzene ring substituents is 1. The van der Waals surface area contributed by atoms with Gasteiger partial charge in [0.2, 0.25) is 5.75 Å². The van der Waals surface area contributed by atoms with Gasteiger partial charge >= 0.3 is 5.69 Å². The molecule has 120 valence electrons. The molecule has 0 spiro atoms. The van der Waals surface area contributed by atoms with Gasteiger partial charge in [0.15, 0.2) is 0 Å².